The van der Waals surface area contributed by atoms with Gasteiger partial charge in [0.1, 0.15) is 5.75 Å². The number of hydrogen-bond acceptors (Lipinski definition) is 5. The van der Waals surface area contributed by atoms with E-state index < -0.39 is 0 Å². The average Bonchev–Trinajstić information content (AvgIpc) is 3.36. The standard InChI is InChI=1S/C23H32N2O2S/c1-25(17-20-19(26-2)8-16-28-20)14-11-22(21-7-3-6-13-24-21)12-15-27-23(18-22)9-4-5-10-23/h3,6-8,13,16H,4-5,9-12,14-15,17-18H2,1-2H3/t22-/m0/s1. The Morgan fingerprint density at radius 1 is 1.21 bits per heavy atom. The van der Waals surface area contributed by atoms with Gasteiger partial charge in [0.05, 0.1) is 17.6 Å². The van der Waals surface area contributed by atoms with Crippen LogP contribution in [0.25, 0.3) is 0 Å². The van der Waals surface area contributed by atoms with Crippen LogP contribution >= 0.6 is 11.3 Å². The van der Waals surface area contributed by atoms with Gasteiger partial charge in [-0.2, -0.15) is 0 Å². The molecule has 1 aliphatic carbocycles. The number of aromatic nitrogens is 1. The van der Waals surface area contributed by atoms with Crippen molar-refractivity contribution in [2.75, 3.05) is 27.3 Å². The number of hydrogen-bond donors (Lipinski definition) is 0. The second-order valence-electron chi connectivity index (χ2n) is 8.56. The van der Waals surface area contributed by atoms with Gasteiger partial charge in [-0.05, 0) is 69.3 Å². The van der Waals surface area contributed by atoms with E-state index in [-0.39, 0.29) is 11.0 Å². The average molecular weight is 401 g/mol. The molecule has 0 amide bonds. The molecule has 2 aromatic rings. The van der Waals surface area contributed by atoms with Crippen LogP contribution in [0.2, 0.25) is 0 Å². The monoisotopic (exact) mass is 400 g/mol. The van der Waals surface area contributed by atoms with Gasteiger partial charge in [0, 0.05) is 30.5 Å². The van der Waals surface area contributed by atoms with Gasteiger partial charge in [-0.1, -0.05) is 18.9 Å². The summed E-state index contributed by atoms with van der Waals surface area (Å²) in [6.45, 7) is 2.84. The molecule has 0 radical (unpaired) electrons. The highest BCUT2D eigenvalue weighted by molar-refractivity contribution is 7.10. The summed E-state index contributed by atoms with van der Waals surface area (Å²) in [5, 5.41) is 2.11. The third kappa shape index (κ3) is 4.12. The Labute approximate surface area is 172 Å². The molecule has 4 rings (SSSR count). The summed E-state index contributed by atoms with van der Waals surface area (Å²) < 4.78 is 11.9. The Balaban J connectivity index is 1.50. The first-order valence-electron chi connectivity index (χ1n) is 10.5. The fourth-order valence-electron chi connectivity index (χ4n) is 5.15. The minimum absolute atomic E-state index is 0.0886. The van der Waals surface area contributed by atoms with Crippen molar-refractivity contribution >= 4 is 11.3 Å². The Hall–Kier alpha value is -1.43. The largest absolute Gasteiger partial charge is 0.496 e. The maximum absolute atomic E-state index is 6.37. The maximum atomic E-state index is 6.37. The zero-order chi connectivity index (χ0) is 19.5. The van der Waals surface area contributed by atoms with Gasteiger partial charge >= 0.3 is 0 Å². The van der Waals surface area contributed by atoms with Crippen LogP contribution in [0.15, 0.2) is 35.8 Å². The molecule has 3 heterocycles. The van der Waals surface area contributed by atoms with Crippen LogP contribution in [0.3, 0.4) is 0 Å². The van der Waals surface area contributed by atoms with Gasteiger partial charge < -0.3 is 14.4 Å². The molecule has 2 aliphatic rings. The molecule has 28 heavy (non-hydrogen) atoms. The normalized spacial score (nSPS) is 24.1. The van der Waals surface area contributed by atoms with Crippen molar-refractivity contribution in [1.29, 1.82) is 0 Å². The molecule has 1 saturated carbocycles. The van der Waals surface area contributed by atoms with E-state index in [1.54, 1.807) is 18.4 Å². The van der Waals surface area contributed by atoms with Gasteiger partial charge in [0.25, 0.3) is 0 Å². The molecule has 0 unspecified atom stereocenters. The van der Waals surface area contributed by atoms with E-state index in [1.807, 2.05) is 12.3 Å². The summed E-state index contributed by atoms with van der Waals surface area (Å²) in [5.74, 6) is 1.01. The molecule has 0 aromatic carbocycles. The molecule has 1 saturated heterocycles. The number of methoxy groups -OCH3 is 1. The number of nitrogens with zero attached hydrogens (tertiary/aromatic N) is 2. The van der Waals surface area contributed by atoms with Crippen LogP contribution in [0.5, 0.6) is 5.75 Å². The number of ether oxygens (including phenoxy) is 2. The molecule has 1 atom stereocenters. The summed E-state index contributed by atoms with van der Waals surface area (Å²) in [5.41, 5.74) is 1.47. The Morgan fingerprint density at radius 3 is 2.82 bits per heavy atom. The fourth-order valence-corrected chi connectivity index (χ4v) is 6.07. The minimum atomic E-state index is 0.0886. The highest BCUT2D eigenvalue weighted by Gasteiger charge is 2.48. The van der Waals surface area contributed by atoms with Crippen molar-refractivity contribution < 1.29 is 9.47 Å². The quantitative estimate of drug-likeness (QED) is 0.652. The predicted octanol–water partition coefficient (Wildman–Crippen LogP) is 5.03. The second kappa shape index (κ2) is 8.52. The maximum Gasteiger partial charge on any atom is 0.134 e. The molecular formula is C23H32N2O2S. The van der Waals surface area contributed by atoms with Gasteiger partial charge in [-0.15, -0.1) is 11.3 Å². The van der Waals surface area contributed by atoms with Crippen molar-refractivity contribution in [3.63, 3.8) is 0 Å². The van der Waals surface area contributed by atoms with Crippen molar-refractivity contribution in [2.24, 2.45) is 0 Å². The molecule has 2 fully saturated rings. The van der Waals surface area contributed by atoms with Gasteiger partial charge in [-0.3, -0.25) is 4.98 Å². The van der Waals surface area contributed by atoms with E-state index in [4.69, 9.17) is 14.5 Å². The first-order chi connectivity index (χ1) is 13.6. The second-order valence-corrected chi connectivity index (χ2v) is 9.56. The molecule has 5 heteroatoms. The van der Waals surface area contributed by atoms with Crippen molar-refractivity contribution in [1.82, 2.24) is 9.88 Å². The number of thiophene rings is 1. The van der Waals surface area contributed by atoms with Gasteiger partial charge in [-0.25, -0.2) is 0 Å². The summed E-state index contributed by atoms with van der Waals surface area (Å²) in [7, 11) is 3.97. The molecule has 152 valence electrons. The zero-order valence-corrected chi connectivity index (χ0v) is 18.0. The molecule has 4 nitrogen and oxygen atoms in total. The highest BCUT2D eigenvalue weighted by Crippen LogP contribution is 2.49. The van der Waals surface area contributed by atoms with Crippen molar-refractivity contribution in [3.8, 4) is 5.75 Å². The lowest BCUT2D eigenvalue weighted by Crippen LogP contribution is -2.47. The lowest BCUT2D eigenvalue weighted by Gasteiger charge is -2.47. The van der Waals surface area contributed by atoms with Gasteiger partial charge in [0.2, 0.25) is 0 Å². The van der Waals surface area contributed by atoms with E-state index >= 15 is 0 Å². The fraction of sp³-hybridized carbons (Fsp3) is 0.609. The smallest absolute Gasteiger partial charge is 0.134 e. The molecule has 1 spiro atoms. The lowest BCUT2D eigenvalue weighted by molar-refractivity contribution is -0.105. The Bertz CT molecular complexity index is 757. The summed E-state index contributed by atoms with van der Waals surface area (Å²) in [6, 6.07) is 8.46. The van der Waals surface area contributed by atoms with Crippen LogP contribution in [0, 0.1) is 0 Å². The molecule has 2 aromatic heterocycles. The van der Waals surface area contributed by atoms with Crippen LogP contribution in [0.1, 0.15) is 55.5 Å². The highest BCUT2D eigenvalue weighted by atomic mass is 32.1. The number of pyridine rings is 1. The minimum Gasteiger partial charge on any atom is -0.496 e. The van der Waals surface area contributed by atoms with Crippen molar-refractivity contribution in [3.05, 3.63) is 46.4 Å². The molecule has 0 N–H and O–H groups in total. The molecule has 1 aliphatic heterocycles. The summed E-state index contributed by atoms with van der Waals surface area (Å²) in [4.78, 5) is 8.55. The Kier molecular flexibility index (Phi) is 6.04. The predicted molar refractivity (Wildman–Crippen MR) is 114 cm³/mol. The van der Waals surface area contributed by atoms with Crippen LogP contribution in [-0.4, -0.2) is 42.8 Å². The number of rotatable bonds is 7. The van der Waals surface area contributed by atoms with E-state index in [0.29, 0.717) is 0 Å². The van der Waals surface area contributed by atoms with E-state index in [0.717, 1.165) is 44.7 Å². The first-order valence-corrected chi connectivity index (χ1v) is 11.4. The summed E-state index contributed by atoms with van der Waals surface area (Å²) >= 11 is 1.78. The zero-order valence-electron chi connectivity index (χ0n) is 17.2. The third-order valence-electron chi connectivity index (χ3n) is 6.68. The van der Waals surface area contributed by atoms with Crippen LogP contribution in [0.4, 0.5) is 0 Å². The lowest BCUT2D eigenvalue weighted by atomic mass is 9.68. The molecular weight excluding hydrogens is 368 g/mol. The van der Waals surface area contributed by atoms with Gasteiger partial charge in [0.15, 0.2) is 0 Å². The van der Waals surface area contributed by atoms with E-state index in [2.05, 4.69) is 35.5 Å². The topological polar surface area (TPSA) is 34.6 Å². The van der Waals surface area contributed by atoms with Crippen LogP contribution < -0.4 is 4.74 Å². The Morgan fingerprint density at radius 2 is 2.07 bits per heavy atom. The SMILES string of the molecule is COc1ccsc1CN(C)CC[C@]1(c2ccccn2)CCOC2(CCCC2)C1. The van der Waals surface area contributed by atoms with E-state index in [1.165, 1.54) is 36.3 Å². The van der Waals surface area contributed by atoms with Crippen LogP contribution in [-0.2, 0) is 16.7 Å². The van der Waals surface area contributed by atoms with E-state index in [9.17, 15) is 0 Å². The summed E-state index contributed by atoms with van der Waals surface area (Å²) in [6.07, 6.45) is 10.3. The third-order valence-corrected chi connectivity index (χ3v) is 7.57. The molecule has 0 bridgehead atoms. The van der Waals surface area contributed by atoms with Crippen molar-refractivity contribution in [2.45, 2.75) is 62.5 Å². The first kappa shape index (κ1) is 19.9.